The van der Waals surface area contributed by atoms with Crippen molar-refractivity contribution < 1.29 is 9.59 Å². The van der Waals surface area contributed by atoms with Crippen molar-refractivity contribution in [1.29, 1.82) is 0 Å². The molecular weight excluding hydrogens is 376 g/mol. The molecule has 1 fully saturated rings. The lowest BCUT2D eigenvalue weighted by Gasteiger charge is -2.31. The molecule has 1 saturated heterocycles. The quantitative estimate of drug-likeness (QED) is 0.718. The first-order valence-electron chi connectivity index (χ1n) is 10.3. The number of hydrogen-bond acceptors (Lipinski definition) is 3. The lowest BCUT2D eigenvalue weighted by molar-refractivity contribution is -0.121. The molecule has 1 aromatic carbocycles. The van der Waals surface area contributed by atoms with Crippen LogP contribution >= 0.6 is 0 Å². The van der Waals surface area contributed by atoms with Crippen LogP contribution in [-0.2, 0) is 4.79 Å². The van der Waals surface area contributed by atoms with Gasteiger partial charge in [-0.15, -0.1) is 0 Å². The zero-order valence-electron chi connectivity index (χ0n) is 17.3. The lowest BCUT2D eigenvalue weighted by Crippen LogP contribution is -2.42. The van der Waals surface area contributed by atoms with Crippen molar-refractivity contribution in [2.45, 2.75) is 26.7 Å². The van der Waals surface area contributed by atoms with Crippen molar-refractivity contribution in [3.8, 4) is 5.69 Å². The summed E-state index contributed by atoms with van der Waals surface area (Å²) in [7, 11) is 0. The van der Waals surface area contributed by atoms with E-state index in [1.807, 2.05) is 72.0 Å². The molecule has 1 N–H and O–H groups in total. The van der Waals surface area contributed by atoms with E-state index in [-0.39, 0.29) is 17.7 Å². The number of para-hydroxylation sites is 1. The molecule has 0 radical (unpaired) electrons. The highest BCUT2D eigenvalue weighted by atomic mass is 16.2. The van der Waals surface area contributed by atoms with Crippen LogP contribution < -0.4 is 5.32 Å². The van der Waals surface area contributed by atoms with Gasteiger partial charge in [0.05, 0.1) is 11.9 Å². The molecule has 2 amide bonds. The fourth-order valence-corrected chi connectivity index (χ4v) is 4.02. The maximum atomic E-state index is 13.1. The largest absolute Gasteiger partial charge is 0.337 e. The van der Waals surface area contributed by atoms with Crippen molar-refractivity contribution in [1.82, 2.24) is 14.5 Å². The Bertz CT molecular complexity index is 1030. The number of carbonyl (C=O) groups is 2. The van der Waals surface area contributed by atoms with Gasteiger partial charge in [0, 0.05) is 37.1 Å². The molecule has 1 aliphatic rings. The number of amides is 2. The third-order valence-corrected chi connectivity index (χ3v) is 5.77. The summed E-state index contributed by atoms with van der Waals surface area (Å²) in [6, 6.07) is 13.5. The van der Waals surface area contributed by atoms with Gasteiger partial charge >= 0.3 is 0 Å². The monoisotopic (exact) mass is 402 g/mol. The predicted octanol–water partition coefficient (Wildman–Crippen LogP) is 3.98. The van der Waals surface area contributed by atoms with Crippen LogP contribution in [0.25, 0.3) is 5.69 Å². The van der Waals surface area contributed by atoms with Crippen LogP contribution in [-0.4, -0.2) is 39.4 Å². The molecule has 6 nitrogen and oxygen atoms in total. The molecule has 6 heteroatoms. The summed E-state index contributed by atoms with van der Waals surface area (Å²) < 4.78 is 1.86. The van der Waals surface area contributed by atoms with Crippen molar-refractivity contribution in [3.63, 3.8) is 0 Å². The normalized spacial score (nSPS) is 14.5. The SMILES string of the molecule is Cc1cccc(C)c1NC(=O)C1CCN(C(=O)c2cccn2-c2cccnc2)CC1. The average Bonchev–Trinajstić information content (AvgIpc) is 3.26. The summed E-state index contributed by atoms with van der Waals surface area (Å²) in [5.41, 5.74) is 4.49. The molecule has 0 aliphatic carbocycles. The maximum Gasteiger partial charge on any atom is 0.270 e. The third kappa shape index (κ3) is 3.99. The zero-order chi connectivity index (χ0) is 21.1. The predicted molar refractivity (Wildman–Crippen MR) is 117 cm³/mol. The number of aromatic nitrogens is 2. The van der Waals surface area contributed by atoms with Gasteiger partial charge in [-0.3, -0.25) is 14.6 Å². The minimum Gasteiger partial charge on any atom is -0.337 e. The molecule has 0 bridgehead atoms. The van der Waals surface area contributed by atoms with Crippen LogP contribution in [0.4, 0.5) is 5.69 Å². The van der Waals surface area contributed by atoms with E-state index in [9.17, 15) is 9.59 Å². The molecule has 1 aliphatic heterocycles. The Kier molecular flexibility index (Phi) is 5.65. The van der Waals surface area contributed by atoms with Crippen LogP contribution in [0.15, 0.2) is 61.1 Å². The number of carbonyl (C=O) groups excluding carboxylic acids is 2. The van der Waals surface area contributed by atoms with Gasteiger partial charge in [0.15, 0.2) is 0 Å². The van der Waals surface area contributed by atoms with Crippen molar-refractivity contribution in [3.05, 3.63) is 77.9 Å². The Balaban J connectivity index is 1.40. The van der Waals surface area contributed by atoms with Crippen LogP contribution in [0.3, 0.4) is 0 Å². The van der Waals surface area contributed by atoms with E-state index >= 15 is 0 Å². The molecule has 3 aromatic rings. The number of nitrogens with one attached hydrogen (secondary N) is 1. The van der Waals surface area contributed by atoms with Crippen LogP contribution in [0.2, 0.25) is 0 Å². The fraction of sp³-hybridized carbons (Fsp3) is 0.292. The average molecular weight is 402 g/mol. The molecule has 30 heavy (non-hydrogen) atoms. The minimum atomic E-state index is -0.0850. The van der Waals surface area contributed by atoms with Crippen LogP contribution in [0, 0.1) is 19.8 Å². The standard InChI is InChI=1S/C24H26N4O2/c1-17-6-3-7-18(2)22(17)26-23(29)19-10-14-27(15-11-19)24(30)21-9-5-13-28(21)20-8-4-12-25-16-20/h3-9,12-13,16,19H,10-11,14-15H2,1-2H3,(H,26,29). The summed E-state index contributed by atoms with van der Waals surface area (Å²) in [5.74, 6) is -0.0612. The number of hydrogen-bond donors (Lipinski definition) is 1. The van der Waals surface area contributed by atoms with Crippen molar-refractivity contribution in [2.24, 2.45) is 5.92 Å². The van der Waals surface area contributed by atoms with Gasteiger partial charge in [0.25, 0.3) is 5.91 Å². The molecule has 0 spiro atoms. The number of likely N-dealkylation sites (tertiary alicyclic amines) is 1. The van der Waals surface area contributed by atoms with Gasteiger partial charge < -0.3 is 14.8 Å². The second kappa shape index (κ2) is 8.53. The van der Waals surface area contributed by atoms with E-state index < -0.39 is 0 Å². The van der Waals surface area contributed by atoms with E-state index in [4.69, 9.17) is 0 Å². The van der Waals surface area contributed by atoms with Crippen molar-refractivity contribution >= 4 is 17.5 Å². The Hall–Kier alpha value is -3.41. The zero-order valence-corrected chi connectivity index (χ0v) is 17.3. The summed E-state index contributed by atoms with van der Waals surface area (Å²) in [4.78, 5) is 31.9. The number of nitrogens with zero attached hydrogens (tertiary/aromatic N) is 3. The summed E-state index contributed by atoms with van der Waals surface area (Å²) >= 11 is 0. The molecule has 0 atom stereocenters. The topological polar surface area (TPSA) is 67.2 Å². The van der Waals surface area contributed by atoms with Crippen LogP contribution in [0.1, 0.15) is 34.5 Å². The highest BCUT2D eigenvalue weighted by molar-refractivity contribution is 5.95. The van der Waals surface area contributed by atoms with E-state index in [1.54, 1.807) is 12.4 Å². The van der Waals surface area contributed by atoms with Crippen molar-refractivity contribution in [2.75, 3.05) is 18.4 Å². The highest BCUT2D eigenvalue weighted by Crippen LogP contribution is 2.25. The fourth-order valence-electron chi connectivity index (χ4n) is 4.02. The van der Waals surface area contributed by atoms with Gasteiger partial charge in [-0.2, -0.15) is 0 Å². The molecule has 0 unspecified atom stereocenters. The summed E-state index contributed by atoms with van der Waals surface area (Å²) in [6.07, 6.45) is 6.64. The van der Waals surface area contributed by atoms with E-state index in [2.05, 4.69) is 10.3 Å². The number of benzene rings is 1. The number of rotatable bonds is 4. The van der Waals surface area contributed by atoms with Gasteiger partial charge in [-0.25, -0.2) is 0 Å². The van der Waals surface area contributed by atoms with Gasteiger partial charge in [0.1, 0.15) is 5.69 Å². The third-order valence-electron chi connectivity index (χ3n) is 5.77. The Morgan fingerprint density at radius 1 is 1.00 bits per heavy atom. The van der Waals surface area contributed by atoms with E-state index in [0.717, 1.165) is 22.5 Å². The second-order valence-electron chi connectivity index (χ2n) is 7.80. The summed E-state index contributed by atoms with van der Waals surface area (Å²) in [5, 5.41) is 3.10. The number of piperidine rings is 1. The molecule has 3 heterocycles. The first kappa shape index (κ1) is 19.9. The maximum absolute atomic E-state index is 13.1. The number of aryl methyl sites for hydroxylation is 2. The summed E-state index contributed by atoms with van der Waals surface area (Å²) in [6.45, 7) is 5.15. The molecule has 154 valence electrons. The molecule has 0 saturated carbocycles. The van der Waals surface area contributed by atoms with Gasteiger partial charge in [0.2, 0.25) is 5.91 Å². The molecular formula is C24H26N4O2. The highest BCUT2D eigenvalue weighted by Gasteiger charge is 2.29. The van der Waals surface area contributed by atoms with Gasteiger partial charge in [-0.05, 0) is 62.1 Å². The van der Waals surface area contributed by atoms with Gasteiger partial charge in [-0.1, -0.05) is 18.2 Å². The Morgan fingerprint density at radius 2 is 1.73 bits per heavy atom. The first-order valence-corrected chi connectivity index (χ1v) is 10.3. The van der Waals surface area contributed by atoms with Crippen LogP contribution in [0.5, 0.6) is 0 Å². The Morgan fingerprint density at radius 3 is 2.40 bits per heavy atom. The van der Waals surface area contributed by atoms with E-state index in [0.29, 0.717) is 31.6 Å². The lowest BCUT2D eigenvalue weighted by atomic mass is 9.95. The molecule has 4 rings (SSSR count). The minimum absolute atomic E-state index is 0.0162. The number of pyridine rings is 1. The smallest absolute Gasteiger partial charge is 0.270 e. The molecule has 2 aromatic heterocycles. The Labute approximate surface area is 176 Å². The first-order chi connectivity index (χ1) is 14.5. The second-order valence-corrected chi connectivity index (χ2v) is 7.80. The number of anilines is 1. The van der Waals surface area contributed by atoms with E-state index in [1.165, 1.54) is 0 Å².